The Morgan fingerprint density at radius 2 is 1.77 bits per heavy atom. The number of carbonyl (C=O) groups excluding carboxylic acids is 2. The van der Waals surface area contributed by atoms with Gasteiger partial charge in [-0.2, -0.15) is 0 Å². The quantitative estimate of drug-likeness (QED) is 0.415. The van der Waals surface area contributed by atoms with Crippen LogP contribution in [-0.2, 0) is 16.0 Å². The predicted molar refractivity (Wildman–Crippen MR) is 131 cm³/mol. The summed E-state index contributed by atoms with van der Waals surface area (Å²) in [5, 5.41) is 15.1. The van der Waals surface area contributed by atoms with Crippen molar-refractivity contribution in [1.29, 1.82) is 0 Å². The van der Waals surface area contributed by atoms with Crippen LogP contribution in [0, 0.1) is 0 Å². The van der Waals surface area contributed by atoms with Gasteiger partial charge in [-0.15, -0.1) is 5.06 Å². The molecule has 0 aromatic heterocycles. The number of likely N-dealkylation sites (N-methyl/N-ethyl adjacent to an activating group) is 1. The molecule has 1 amide bonds. The van der Waals surface area contributed by atoms with Crippen molar-refractivity contribution in [1.82, 2.24) is 5.06 Å². The molecular weight excluding hydrogens is 452 g/mol. The minimum Gasteiger partial charge on any atom is -0.497 e. The number of aliphatic hydroxyl groups excluding tert-OH is 1. The summed E-state index contributed by atoms with van der Waals surface area (Å²) < 4.78 is 16.9. The molecule has 3 rings (SSSR count). The lowest BCUT2D eigenvalue weighted by Crippen LogP contribution is -2.37. The number of rotatable bonds is 13. The zero-order valence-electron chi connectivity index (χ0n) is 20.7. The van der Waals surface area contributed by atoms with E-state index in [1.165, 1.54) is 0 Å². The van der Waals surface area contributed by atoms with Gasteiger partial charge in [-0.1, -0.05) is 6.92 Å². The highest BCUT2D eigenvalue weighted by molar-refractivity contribution is 5.96. The molecule has 0 saturated heterocycles. The summed E-state index contributed by atoms with van der Waals surface area (Å²) >= 11 is 0. The van der Waals surface area contributed by atoms with E-state index in [1.54, 1.807) is 62.4 Å². The van der Waals surface area contributed by atoms with Gasteiger partial charge in [0.1, 0.15) is 35.7 Å². The van der Waals surface area contributed by atoms with Crippen LogP contribution in [0.5, 0.6) is 23.0 Å². The van der Waals surface area contributed by atoms with Crippen molar-refractivity contribution in [3.63, 3.8) is 0 Å². The number of methoxy groups -OCH3 is 1. The Labute approximate surface area is 205 Å². The molecule has 9 nitrogen and oxygen atoms in total. The monoisotopic (exact) mass is 486 g/mol. The maximum Gasteiger partial charge on any atom is 0.224 e. The third-order valence-corrected chi connectivity index (χ3v) is 5.70. The first-order valence-electron chi connectivity index (χ1n) is 11.9. The molecule has 2 N–H and O–H groups in total. The van der Waals surface area contributed by atoms with Gasteiger partial charge in [-0.05, 0) is 56.7 Å². The van der Waals surface area contributed by atoms with Crippen LogP contribution < -0.4 is 24.4 Å². The van der Waals surface area contributed by atoms with E-state index in [4.69, 9.17) is 19.0 Å². The van der Waals surface area contributed by atoms with E-state index in [0.717, 1.165) is 11.3 Å². The van der Waals surface area contributed by atoms with Crippen LogP contribution in [0.3, 0.4) is 0 Å². The summed E-state index contributed by atoms with van der Waals surface area (Å²) in [6.07, 6.45) is -0.284. The molecule has 1 aliphatic rings. The third kappa shape index (κ3) is 7.10. The number of ether oxygens (including phenoxy) is 3. The second kappa shape index (κ2) is 12.4. The van der Waals surface area contributed by atoms with Crippen LogP contribution >= 0.6 is 0 Å². The Morgan fingerprint density at radius 3 is 2.43 bits per heavy atom. The topological polar surface area (TPSA) is 107 Å². The van der Waals surface area contributed by atoms with Crippen molar-refractivity contribution in [2.24, 2.45) is 0 Å². The second-order valence-corrected chi connectivity index (χ2v) is 8.26. The minimum absolute atomic E-state index is 0.0262. The van der Waals surface area contributed by atoms with Crippen molar-refractivity contribution in [2.45, 2.75) is 52.2 Å². The molecule has 35 heavy (non-hydrogen) atoms. The number of hydrogen-bond acceptors (Lipinski definition) is 8. The first-order chi connectivity index (χ1) is 16.8. The number of Topliss-reactive ketones (excluding diaryl/α,β-unsaturated/α-hetero) is 1. The number of nitrogens with one attached hydrogen (secondary N) is 1. The zero-order valence-corrected chi connectivity index (χ0v) is 20.7. The van der Waals surface area contributed by atoms with Crippen molar-refractivity contribution < 1.29 is 33.7 Å². The number of carbonyl (C=O) groups is 2. The Kier molecular flexibility index (Phi) is 9.33. The van der Waals surface area contributed by atoms with E-state index < -0.39 is 12.2 Å². The summed E-state index contributed by atoms with van der Waals surface area (Å²) in [5.74, 6) is 2.21. The first kappa shape index (κ1) is 26.3. The van der Waals surface area contributed by atoms with E-state index in [-0.39, 0.29) is 24.8 Å². The molecule has 1 heterocycles. The molecule has 0 spiro atoms. The highest BCUT2D eigenvalue weighted by Gasteiger charge is 2.25. The Hall–Kier alpha value is -3.30. The molecule has 1 aliphatic heterocycles. The number of hydrogen-bond donors (Lipinski definition) is 2. The van der Waals surface area contributed by atoms with Crippen LogP contribution in [0.1, 0.15) is 39.2 Å². The molecule has 0 radical (unpaired) electrons. The van der Waals surface area contributed by atoms with Crippen molar-refractivity contribution in [2.75, 3.05) is 32.1 Å². The summed E-state index contributed by atoms with van der Waals surface area (Å²) in [4.78, 5) is 29.8. The molecule has 0 bridgehead atoms. The van der Waals surface area contributed by atoms with Gasteiger partial charge in [-0.3, -0.25) is 9.59 Å². The SMILES string of the molecule is CCC(=O)C(C)Oc1ccc(OCC(O)CN(CC)Oc2ccc(OC)cc2)c2c1NC(=O)CC2. The number of benzene rings is 2. The maximum atomic E-state index is 12.0. The summed E-state index contributed by atoms with van der Waals surface area (Å²) in [6, 6.07) is 10.6. The standard InChI is InChI=1S/C26H34N2O7/c1-5-22(30)17(3)34-24-13-12-23(21-11-14-25(31)27-26(21)24)33-16-18(29)15-28(6-2)35-20-9-7-19(32-4)8-10-20/h7-10,12-13,17-18,29H,5-6,11,14-16H2,1-4H3,(H,27,31). The van der Waals surface area contributed by atoms with E-state index in [9.17, 15) is 14.7 Å². The lowest BCUT2D eigenvalue weighted by molar-refractivity contribution is -0.124. The van der Waals surface area contributed by atoms with E-state index in [0.29, 0.717) is 48.7 Å². The average Bonchev–Trinajstić information content (AvgIpc) is 2.87. The highest BCUT2D eigenvalue weighted by Crippen LogP contribution is 2.39. The zero-order chi connectivity index (χ0) is 25.4. The van der Waals surface area contributed by atoms with Crippen molar-refractivity contribution >= 4 is 17.4 Å². The number of hydroxylamine groups is 2. The molecule has 0 aliphatic carbocycles. The van der Waals surface area contributed by atoms with E-state index in [1.807, 2.05) is 6.92 Å². The van der Waals surface area contributed by atoms with Gasteiger partial charge >= 0.3 is 0 Å². The van der Waals surface area contributed by atoms with Crippen molar-refractivity contribution in [3.8, 4) is 23.0 Å². The lowest BCUT2D eigenvalue weighted by atomic mass is 10.0. The Morgan fingerprint density at radius 1 is 1.09 bits per heavy atom. The summed E-state index contributed by atoms with van der Waals surface area (Å²) in [7, 11) is 1.60. The number of anilines is 1. The average molecular weight is 487 g/mol. The number of nitrogens with zero attached hydrogens (tertiary/aromatic N) is 1. The van der Waals surface area contributed by atoms with Crippen LogP contribution in [0.15, 0.2) is 36.4 Å². The normalized spacial score (nSPS) is 14.5. The molecule has 190 valence electrons. The maximum absolute atomic E-state index is 12.0. The fourth-order valence-corrected chi connectivity index (χ4v) is 3.70. The lowest BCUT2D eigenvalue weighted by Gasteiger charge is -2.26. The van der Waals surface area contributed by atoms with Gasteiger partial charge in [0.05, 0.1) is 19.3 Å². The van der Waals surface area contributed by atoms with E-state index >= 15 is 0 Å². The largest absolute Gasteiger partial charge is 0.497 e. The third-order valence-electron chi connectivity index (χ3n) is 5.70. The molecule has 0 saturated carbocycles. The molecule has 9 heteroatoms. The second-order valence-electron chi connectivity index (χ2n) is 8.26. The molecule has 2 aromatic rings. The molecule has 2 atom stereocenters. The number of ketones is 1. The van der Waals surface area contributed by atoms with Gasteiger partial charge in [0.25, 0.3) is 0 Å². The highest BCUT2D eigenvalue weighted by atomic mass is 16.7. The minimum atomic E-state index is -0.819. The van der Waals surface area contributed by atoms with Gasteiger partial charge in [-0.25, -0.2) is 0 Å². The van der Waals surface area contributed by atoms with Crippen LogP contribution in [-0.4, -0.2) is 60.9 Å². The summed E-state index contributed by atoms with van der Waals surface area (Å²) in [5.41, 5.74) is 1.30. The molecule has 2 aromatic carbocycles. The fourth-order valence-electron chi connectivity index (χ4n) is 3.70. The molecule has 2 unspecified atom stereocenters. The first-order valence-corrected chi connectivity index (χ1v) is 11.9. The van der Waals surface area contributed by atoms with Gasteiger partial charge in [0, 0.05) is 24.9 Å². The number of fused-ring (bicyclic) bond motifs is 1. The van der Waals surface area contributed by atoms with Crippen LogP contribution in [0.25, 0.3) is 0 Å². The number of aliphatic hydroxyl groups is 1. The Balaban J connectivity index is 1.64. The van der Waals surface area contributed by atoms with Crippen LogP contribution in [0.2, 0.25) is 0 Å². The smallest absolute Gasteiger partial charge is 0.224 e. The van der Waals surface area contributed by atoms with Crippen molar-refractivity contribution in [3.05, 3.63) is 42.0 Å². The van der Waals surface area contributed by atoms with Gasteiger partial charge in [0.2, 0.25) is 5.91 Å². The number of amides is 1. The van der Waals surface area contributed by atoms with E-state index in [2.05, 4.69) is 5.32 Å². The fraction of sp³-hybridized carbons (Fsp3) is 0.462. The van der Waals surface area contributed by atoms with Crippen LogP contribution in [0.4, 0.5) is 5.69 Å². The predicted octanol–water partition coefficient (Wildman–Crippen LogP) is 3.38. The summed E-state index contributed by atoms with van der Waals surface area (Å²) in [6.45, 7) is 6.23. The van der Waals surface area contributed by atoms with Gasteiger partial charge < -0.3 is 29.5 Å². The Bertz CT molecular complexity index is 1010. The van der Waals surface area contributed by atoms with Gasteiger partial charge in [0.15, 0.2) is 11.9 Å². The molecular formula is C26H34N2O7. The molecule has 0 fully saturated rings.